The molecule has 0 aromatic carbocycles. The van der Waals surface area contributed by atoms with Crippen LogP contribution in [0.1, 0.15) is 187 Å². The standard InChI is InChI=1S/C30H62O/c1-3-5-7-9-11-13-14-15-16-17-18-19-21-23-25-27-29-30(31)28-26-24-22-20-12-10-8-6-4-2/h30-31H,3-29H2,1-2H3/t30-/m1/s1. The highest BCUT2D eigenvalue weighted by Gasteiger charge is 2.03. The van der Waals surface area contributed by atoms with Gasteiger partial charge < -0.3 is 5.11 Å². The van der Waals surface area contributed by atoms with Crippen molar-refractivity contribution in [3.05, 3.63) is 0 Å². The molecule has 1 N–H and O–H groups in total. The summed E-state index contributed by atoms with van der Waals surface area (Å²) in [6, 6.07) is 0. The molecule has 0 heterocycles. The van der Waals surface area contributed by atoms with Crippen LogP contribution >= 0.6 is 0 Å². The summed E-state index contributed by atoms with van der Waals surface area (Å²) in [5, 5.41) is 10.2. The summed E-state index contributed by atoms with van der Waals surface area (Å²) in [6.45, 7) is 4.58. The van der Waals surface area contributed by atoms with Crippen LogP contribution in [0.2, 0.25) is 0 Å². The number of unbranched alkanes of at least 4 members (excludes halogenated alkanes) is 23. The fraction of sp³-hybridized carbons (Fsp3) is 1.00. The first kappa shape index (κ1) is 31.0. The number of aliphatic hydroxyl groups excluding tert-OH is 1. The summed E-state index contributed by atoms with van der Waals surface area (Å²) in [5.74, 6) is 0. The average Bonchev–Trinajstić information content (AvgIpc) is 2.77. The van der Waals surface area contributed by atoms with Gasteiger partial charge in [-0.25, -0.2) is 0 Å². The molecule has 188 valence electrons. The third-order valence-electron chi connectivity index (χ3n) is 7.03. The van der Waals surface area contributed by atoms with Gasteiger partial charge in [-0.1, -0.05) is 174 Å². The smallest absolute Gasteiger partial charge is 0.0540 e. The van der Waals surface area contributed by atoms with Gasteiger partial charge in [0.15, 0.2) is 0 Å². The van der Waals surface area contributed by atoms with Crippen LogP contribution < -0.4 is 0 Å². The quantitative estimate of drug-likeness (QED) is 0.126. The van der Waals surface area contributed by atoms with Crippen LogP contribution in [0, 0.1) is 0 Å². The second-order valence-corrected chi connectivity index (χ2v) is 10.4. The Bertz CT molecular complexity index is 301. The Labute approximate surface area is 198 Å². The van der Waals surface area contributed by atoms with Gasteiger partial charge in [0.1, 0.15) is 0 Å². The van der Waals surface area contributed by atoms with E-state index in [0.29, 0.717) is 0 Å². The number of rotatable bonds is 27. The average molecular weight is 439 g/mol. The van der Waals surface area contributed by atoms with E-state index in [2.05, 4.69) is 13.8 Å². The van der Waals surface area contributed by atoms with Crippen LogP contribution in [-0.4, -0.2) is 11.2 Å². The number of aliphatic hydroxyl groups is 1. The molecule has 1 atom stereocenters. The normalized spacial score (nSPS) is 12.5. The highest BCUT2D eigenvalue weighted by Crippen LogP contribution is 2.16. The van der Waals surface area contributed by atoms with Crippen molar-refractivity contribution in [2.75, 3.05) is 0 Å². The van der Waals surface area contributed by atoms with Crippen molar-refractivity contribution in [3.8, 4) is 0 Å². The fourth-order valence-corrected chi connectivity index (χ4v) is 4.76. The Morgan fingerprint density at radius 2 is 0.516 bits per heavy atom. The molecule has 0 saturated heterocycles. The minimum Gasteiger partial charge on any atom is -0.393 e. The van der Waals surface area contributed by atoms with Crippen LogP contribution in [-0.2, 0) is 0 Å². The van der Waals surface area contributed by atoms with Crippen molar-refractivity contribution >= 4 is 0 Å². The monoisotopic (exact) mass is 438 g/mol. The molecule has 0 aliphatic heterocycles. The Morgan fingerprint density at radius 3 is 0.742 bits per heavy atom. The molecule has 0 bridgehead atoms. The largest absolute Gasteiger partial charge is 0.393 e. The molecule has 0 radical (unpaired) electrons. The molecule has 1 heteroatoms. The van der Waals surface area contributed by atoms with E-state index in [4.69, 9.17) is 0 Å². The molecule has 0 unspecified atom stereocenters. The first-order chi connectivity index (χ1) is 15.3. The Hall–Kier alpha value is -0.0400. The van der Waals surface area contributed by atoms with Gasteiger partial charge in [-0.3, -0.25) is 0 Å². The van der Waals surface area contributed by atoms with Crippen LogP contribution in [0.25, 0.3) is 0 Å². The maximum atomic E-state index is 10.2. The van der Waals surface area contributed by atoms with Gasteiger partial charge in [0.05, 0.1) is 6.10 Å². The minimum absolute atomic E-state index is 0.0313. The van der Waals surface area contributed by atoms with Crippen LogP contribution in [0.3, 0.4) is 0 Å². The van der Waals surface area contributed by atoms with E-state index < -0.39 is 0 Å². The first-order valence-electron chi connectivity index (χ1n) is 15.0. The second-order valence-electron chi connectivity index (χ2n) is 10.4. The van der Waals surface area contributed by atoms with Crippen molar-refractivity contribution in [2.45, 2.75) is 193 Å². The van der Waals surface area contributed by atoms with Gasteiger partial charge in [-0.15, -0.1) is 0 Å². The molecule has 0 aromatic heterocycles. The van der Waals surface area contributed by atoms with E-state index in [-0.39, 0.29) is 6.10 Å². The van der Waals surface area contributed by atoms with E-state index in [1.807, 2.05) is 0 Å². The lowest BCUT2D eigenvalue weighted by Gasteiger charge is -2.10. The maximum absolute atomic E-state index is 10.2. The topological polar surface area (TPSA) is 20.2 Å². The molecule has 0 rings (SSSR count). The predicted octanol–water partition coefficient (Wildman–Crippen LogP) is 10.9. The second kappa shape index (κ2) is 28.0. The molecular formula is C30H62O. The molecule has 1 nitrogen and oxygen atoms in total. The first-order valence-corrected chi connectivity index (χ1v) is 15.0. The van der Waals surface area contributed by atoms with Gasteiger partial charge >= 0.3 is 0 Å². The van der Waals surface area contributed by atoms with Crippen LogP contribution in [0.15, 0.2) is 0 Å². The number of hydrogen-bond donors (Lipinski definition) is 1. The predicted molar refractivity (Wildman–Crippen MR) is 142 cm³/mol. The fourth-order valence-electron chi connectivity index (χ4n) is 4.76. The van der Waals surface area contributed by atoms with Crippen molar-refractivity contribution in [1.82, 2.24) is 0 Å². The van der Waals surface area contributed by atoms with Crippen LogP contribution in [0.5, 0.6) is 0 Å². The van der Waals surface area contributed by atoms with Crippen molar-refractivity contribution < 1.29 is 5.11 Å². The third-order valence-corrected chi connectivity index (χ3v) is 7.03. The van der Waals surface area contributed by atoms with E-state index in [1.165, 1.54) is 161 Å². The Kier molecular flexibility index (Phi) is 28.0. The zero-order chi connectivity index (χ0) is 22.7. The number of hydrogen-bond acceptors (Lipinski definition) is 1. The maximum Gasteiger partial charge on any atom is 0.0540 e. The van der Waals surface area contributed by atoms with Crippen molar-refractivity contribution in [3.63, 3.8) is 0 Å². The molecule has 0 fully saturated rings. The van der Waals surface area contributed by atoms with Gasteiger partial charge in [0.25, 0.3) is 0 Å². The lowest BCUT2D eigenvalue weighted by atomic mass is 10.0. The van der Waals surface area contributed by atoms with Crippen LogP contribution in [0.4, 0.5) is 0 Å². The minimum atomic E-state index is -0.0313. The molecule has 0 aliphatic rings. The summed E-state index contributed by atoms with van der Waals surface area (Å²) >= 11 is 0. The molecule has 0 aromatic rings. The molecule has 0 amide bonds. The summed E-state index contributed by atoms with van der Waals surface area (Å²) < 4.78 is 0. The SMILES string of the molecule is CCCCCCCCCCCCCCCCCC[C@H](O)CCCCCCCCCCC. The van der Waals surface area contributed by atoms with Gasteiger partial charge in [0.2, 0.25) is 0 Å². The summed E-state index contributed by atoms with van der Waals surface area (Å²) in [4.78, 5) is 0. The van der Waals surface area contributed by atoms with Gasteiger partial charge in [0, 0.05) is 0 Å². The van der Waals surface area contributed by atoms with E-state index in [9.17, 15) is 5.11 Å². The summed E-state index contributed by atoms with van der Waals surface area (Å²) in [7, 11) is 0. The molecule has 0 spiro atoms. The van der Waals surface area contributed by atoms with Gasteiger partial charge in [-0.05, 0) is 12.8 Å². The lowest BCUT2D eigenvalue weighted by molar-refractivity contribution is 0.147. The molecule has 0 aliphatic carbocycles. The lowest BCUT2D eigenvalue weighted by Crippen LogP contribution is -2.05. The Balaban J connectivity index is 3.11. The molecule has 31 heavy (non-hydrogen) atoms. The third kappa shape index (κ3) is 27.9. The van der Waals surface area contributed by atoms with E-state index in [0.717, 1.165) is 12.8 Å². The van der Waals surface area contributed by atoms with E-state index >= 15 is 0 Å². The highest BCUT2D eigenvalue weighted by molar-refractivity contribution is 4.58. The van der Waals surface area contributed by atoms with Crippen molar-refractivity contribution in [1.29, 1.82) is 0 Å². The summed E-state index contributed by atoms with van der Waals surface area (Å²) in [6.07, 6.45) is 37.1. The Morgan fingerprint density at radius 1 is 0.323 bits per heavy atom. The van der Waals surface area contributed by atoms with Gasteiger partial charge in [-0.2, -0.15) is 0 Å². The highest BCUT2D eigenvalue weighted by atomic mass is 16.3. The zero-order valence-electron chi connectivity index (χ0n) is 22.1. The summed E-state index contributed by atoms with van der Waals surface area (Å²) in [5.41, 5.74) is 0. The van der Waals surface area contributed by atoms with Crippen molar-refractivity contribution in [2.24, 2.45) is 0 Å². The molecule has 0 saturated carbocycles. The van der Waals surface area contributed by atoms with E-state index in [1.54, 1.807) is 0 Å². The molecular weight excluding hydrogens is 376 g/mol. The zero-order valence-corrected chi connectivity index (χ0v) is 22.1.